The molecule has 1 fully saturated rings. The van der Waals surface area contributed by atoms with Crippen LogP contribution in [0.3, 0.4) is 0 Å². The van der Waals surface area contributed by atoms with Gasteiger partial charge in [0.15, 0.2) is 9.84 Å². The second-order valence-corrected chi connectivity index (χ2v) is 7.16. The Kier molecular flexibility index (Phi) is 4.76. The molecule has 1 aromatic rings. The quantitative estimate of drug-likeness (QED) is 0.888. The Labute approximate surface area is 119 Å². The normalized spacial score (nSPS) is 20.5. The number of rotatable bonds is 4. The van der Waals surface area contributed by atoms with E-state index in [2.05, 4.69) is 0 Å². The van der Waals surface area contributed by atoms with E-state index >= 15 is 0 Å². The Bertz CT molecular complexity index is 607. The molecular formula is C14H18N2O3S. The van der Waals surface area contributed by atoms with Gasteiger partial charge in [0.25, 0.3) is 0 Å². The van der Waals surface area contributed by atoms with Gasteiger partial charge in [0.1, 0.15) is 0 Å². The lowest BCUT2D eigenvalue weighted by molar-refractivity contribution is 0.0741. The first kappa shape index (κ1) is 15.0. The molecule has 108 valence electrons. The van der Waals surface area contributed by atoms with Crippen LogP contribution in [-0.2, 0) is 9.84 Å². The van der Waals surface area contributed by atoms with Crippen LogP contribution < -0.4 is 0 Å². The average molecular weight is 294 g/mol. The van der Waals surface area contributed by atoms with Gasteiger partial charge in [0.05, 0.1) is 28.4 Å². The summed E-state index contributed by atoms with van der Waals surface area (Å²) in [5.41, 5.74) is 0.347. The van der Waals surface area contributed by atoms with Crippen LogP contribution in [0.5, 0.6) is 0 Å². The zero-order valence-corrected chi connectivity index (χ0v) is 12.0. The van der Waals surface area contributed by atoms with E-state index in [-0.39, 0.29) is 16.8 Å². The van der Waals surface area contributed by atoms with Crippen LogP contribution in [0.2, 0.25) is 0 Å². The maximum absolute atomic E-state index is 12.2. The molecule has 0 aliphatic carbocycles. The van der Waals surface area contributed by atoms with Gasteiger partial charge in [-0.3, -0.25) is 4.90 Å². The molecule has 0 spiro atoms. The summed E-state index contributed by atoms with van der Waals surface area (Å²) in [6, 6.07) is 8.02. The summed E-state index contributed by atoms with van der Waals surface area (Å²) in [5, 5.41) is 18.4. The molecule has 1 saturated heterocycles. The maximum Gasteiger partial charge on any atom is 0.179 e. The zero-order valence-electron chi connectivity index (χ0n) is 11.2. The van der Waals surface area contributed by atoms with Crippen LogP contribution >= 0.6 is 0 Å². The molecule has 5 nitrogen and oxygen atoms in total. The van der Waals surface area contributed by atoms with E-state index in [4.69, 9.17) is 5.26 Å². The van der Waals surface area contributed by atoms with Crippen molar-refractivity contribution in [3.8, 4) is 6.07 Å². The van der Waals surface area contributed by atoms with Crippen molar-refractivity contribution >= 4 is 9.84 Å². The summed E-state index contributed by atoms with van der Waals surface area (Å²) >= 11 is 0. The Balaban J connectivity index is 2.02. The van der Waals surface area contributed by atoms with Crippen molar-refractivity contribution < 1.29 is 13.5 Å². The van der Waals surface area contributed by atoms with Crippen LogP contribution in [0.1, 0.15) is 18.4 Å². The number of hydrogen-bond donors (Lipinski definition) is 1. The third-order valence-electron chi connectivity index (χ3n) is 3.48. The van der Waals surface area contributed by atoms with Gasteiger partial charge in [-0.25, -0.2) is 8.42 Å². The molecule has 6 heteroatoms. The van der Waals surface area contributed by atoms with Crippen LogP contribution in [-0.4, -0.2) is 49.9 Å². The fourth-order valence-corrected chi connectivity index (χ4v) is 3.69. The fraction of sp³-hybridized carbons (Fsp3) is 0.500. The first-order valence-electron chi connectivity index (χ1n) is 6.64. The molecule has 1 aromatic carbocycles. The van der Waals surface area contributed by atoms with Gasteiger partial charge in [-0.15, -0.1) is 0 Å². The number of aliphatic hydroxyl groups is 1. The van der Waals surface area contributed by atoms with Crippen molar-refractivity contribution in [3.63, 3.8) is 0 Å². The molecule has 1 aliphatic rings. The Hall–Kier alpha value is -1.42. The predicted molar refractivity (Wildman–Crippen MR) is 74.9 cm³/mol. The van der Waals surface area contributed by atoms with E-state index in [9.17, 15) is 13.5 Å². The van der Waals surface area contributed by atoms with E-state index in [1.54, 1.807) is 12.1 Å². The van der Waals surface area contributed by atoms with Gasteiger partial charge in [-0.1, -0.05) is 6.07 Å². The minimum absolute atomic E-state index is 0.00853. The van der Waals surface area contributed by atoms with Gasteiger partial charge in [-0.2, -0.15) is 5.26 Å². The Morgan fingerprint density at radius 1 is 1.45 bits per heavy atom. The first-order chi connectivity index (χ1) is 9.51. The number of benzene rings is 1. The maximum atomic E-state index is 12.2. The van der Waals surface area contributed by atoms with E-state index < -0.39 is 9.84 Å². The molecule has 0 aromatic heterocycles. The monoisotopic (exact) mass is 294 g/mol. The van der Waals surface area contributed by atoms with Crippen LogP contribution in [0, 0.1) is 11.3 Å². The SMILES string of the molecule is N#Cc1cccc(S(=O)(=O)CCN2CCC[C@H](O)C2)c1. The van der Waals surface area contributed by atoms with Crippen LogP contribution in [0.4, 0.5) is 0 Å². The largest absolute Gasteiger partial charge is 0.392 e. The van der Waals surface area contributed by atoms with E-state index in [1.165, 1.54) is 12.1 Å². The van der Waals surface area contributed by atoms with E-state index in [0.29, 0.717) is 18.7 Å². The molecule has 0 unspecified atom stereocenters. The summed E-state index contributed by atoms with van der Waals surface area (Å²) in [6.07, 6.45) is 1.33. The van der Waals surface area contributed by atoms with Crippen molar-refractivity contribution in [2.75, 3.05) is 25.4 Å². The highest BCUT2D eigenvalue weighted by Crippen LogP contribution is 2.15. The molecule has 0 bridgehead atoms. The second-order valence-electron chi connectivity index (χ2n) is 5.06. The number of nitrogens with zero attached hydrogens (tertiary/aromatic N) is 2. The lowest BCUT2D eigenvalue weighted by Gasteiger charge is -2.29. The third kappa shape index (κ3) is 3.79. The molecule has 1 N–H and O–H groups in total. The van der Waals surface area contributed by atoms with Gasteiger partial charge in [-0.05, 0) is 37.6 Å². The fourth-order valence-electron chi connectivity index (χ4n) is 2.36. The zero-order chi connectivity index (χ0) is 14.6. The highest BCUT2D eigenvalue weighted by molar-refractivity contribution is 7.91. The second kappa shape index (κ2) is 6.35. The summed E-state index contributed by atoms with van der Waals surface area (Å²) in [7, 11) is -3.38. The van der Waals surface area contributed by atoms with Gasteiger partial charge in [0, 0.05) is 13.1 Å². The lowest BCUT2D eigenvalue weighted by atomic mass is 10.1. The lowest BCUT2D eigenvalue weighted by Crippen LogP contribution is -2.40. The summed E-state index contributed by atoms with van der Waals surface area (Å²) < 4.78 is 24.5. The van der Waals surface area contributed by atoms with Gasteiger partial charge in [0.2, 0.25) is 0 Å². The standard InChI is InChI=1S/C14H18N2O3S/c15-10-12-3-1-5-14(9-12)20(18,19)8-7-16-6-2-4-13(17)11-16/h1,3,5,9,13,17H,2,4,6-8,11H2/t13-/m0/s1. The molecule has 2 rings (SSSR count). The predicted octanol–water partition coefficient (Wildman–Crippen LogP) is 0.789. The van der Waals surface area contributed by atoms with Crippen molar-refractivity contribution in [1.82, 2.24) is 4.90 Å². The number of sulfone groups is 1. The first-order valence-corrected chi connectivity index (χ1v) is 8.30. The Morgan fingerprint density at radius 3 is 2.95 bits per heavy atom. The number of hydrogen-bond acceptors (Lipinski definition) is 5. The number of piperidine rings is 1. The minimum Gasteiger partial charge on any atom is -0.392 e. The highest BCUT2D eigenvalue weighted by atomic mass is 32.2. The number of nitriles is 1. The van der Waals surface area contributed by atoms with Crippen molar-refractivity contribution in [2.45, 2.75) is 23.8 Å². The molecule has 1 aliphatic heterocycles. The van der Waals surface area contributed by atoms with Gasteiger partial charge >= 0.3 is 0 Å². The number of likely N-dealkylation sites (tertiary alicyclic amines) is 1. The third-order valence-corrected chi connectivity index (χ3v) is 5.17. The van der Waals surface area contributed by atoms with Crippen LogP contribution in [0.15, 0.2) is 29.2 Å². The van der Waals surface area contributed by atoms with Crippen molar-refractivity contribution in [2.24, 2.45) is 0 Å². The molecule has 1 heterocycles. The smallest absolute Gasteiger partial charge is 0.179 e. The number of aliphatic hydroxyl groups excluding tert-OH is 1. The summed E-state index contributed by atoms with van der Waals surface area (Å²) in [5.74, 6) is 0.00853. The van der Waals surface area contributed by atoms with Gasteiger partial charge < -0.3 is 5.11 Å². The summed E-state index contributed by atoms with van der Waals surface area (Å²) in [4.78, 5) is 2.16. The highest BCUT2D eigenvalue weighted by Gasteiger charge is 2.21. The van der Waals surface area contributed by atoms with Crippen molar-refractivity contribution in [3.05, 3.63) is 29.8 Å². The van der Waals surface area contributed by atoms with Crippen LogP contribution in [0.25, 0.3) is 0 Å². The molecule has 0 radical (unpaired) electrons. The van der Waals surface area contributed by atoms with Crippen molar-refractivity contribution in [1.29, 1.82) is 5.26 Å². The van der Waals surface area contributed by atoms with E-state index in [0.717, 1.165) is 19.4 Å². The Morgan fingerprint density at radius 2 is 2.25 bits per heavy atom. The molecule has 0 amide bonds. The molecule has 1 atom stereocenters. The number of β-amino-alcohol motifs (C(OH)–C–C–N with tert-alkyl or cyclic N) is 1. The minimum atomic E-state index is -3.38. The summed E-state index contributed by atoms with van der Waals surface area (Å²) in [6.45, 7) is 1.77. The average Bonchev–Trinajstić information content (AvgIpc) is 2.45. The topological polar surface area (TPSA) is 81.4 Å². The molecular weight excluding hydrogens is 276 g/mol. The molecule has 0 saturated carbocycles. The van der Waals surface area contributed by atoms with E-state index in [1.807, 2.05) is 11.0 Å². The molecule has 20 heavy (non-hydrogen) atoms.